The number of hydrogen-bond acceptors (Lipinski definition) is 5. The molecule has 8 heteroatoms. The molecule has 0 saturated carbocycles. The van der Waals surface area contributed by atoms with E-state index in [1.807, 2.05) is 0 Å². The van der Waals surface area contributed by atoms with E-state index in [1.165, 1.54) is 32.4 Å². The summed E-state index contributed by atoms with van der Waals surface area (Å²) >= 11 is 0. The number of ether oxygens (including phenoxy) is 1. The molecular weight excluding hydrogens is 284 g/mol. The van der Waals surface area contributed by atoms with Crippen molar-refractivity contribution in [3.63, 3.8) is 0 Å². The fraction of sp³-hybridized carbons (Fsp3) is 0.417. The Balaban J connectivity index is 3.08. The van der Waals surface area contributed by atoms with Crippen LogP contribution < -0.4 is 10.0 Å². The number of aromatic carboxylic acids is 1. The van der Waals surface area contributed by atoms with Gasteiger partial charge in [0, 0.05) is 26.5 Å². The number of carboxylic acid groups (broad SMARTS) is 1. The molecule has 0 unspecified atom stereocenters. The van der Waals surface area contributed by atoms with Crippen LogP contribution in [0, 0.1) is 0 Å². The number of benzene rings is 1. The number of nitrogens with two attached hydrogens (primary N) is 1. The summed E-state index contributed by atoms with van der Waals surface area (Å²) in [6.07, 6.45) is 0.334. The summed E-state index contributed by atoms with van der Waals surface area (Å²) in [6.45, 7) is 0.320. The van der Waals surface area contributed by atoms with Crippen LogP contribution in [0.1, 0.15) is 16.8 Å². The Morgan fingerprint density at radius 2 is 2.10 bits per heavy atom. The molecule has 0 fully saturated rings. The SMILES string of the molecule is COCCCS(=O)(=O)N(C)c1ccc(N)cc1C(=O)O. The van der Waals surface area contributed by atoms with Crippen LogP contribution >= 0.6 is 0 Å². The van der Waals surface area contributed by atoms with Crippen LogP contribution in [0.4, 0.5) is 11.4 Å². The first-order valence-corrected chi connectivity index (χ1v) is 7.49. The molecule has 1 aromatic rings. The highest BCUT2D eigenvalue weighted by atomic mass is 32.2. The van der Waals surface area contributed by atoms with Crippen LogP contribution in [0.2, 0.25) is 0 Å². The van der Waals surface area contributed by atoms with Crippen molar-refractivity contribution in [2.24, 2.45) is 0 Å². The van der Waals surface area contributed by atoms with Crippen molar-refractivity contribution < 1.29 is 23.1 Å². The van der Waals surface area contributed by atoms with Gasteiger partial charge in [0.1, 0.15) is 0 Å². The molecule has 0 bridgehead atoms. The van der Waals surface area contributed by atoms with Crippen LogP contribution in [0.15, 0.2) is 18.2 Å². The topological polar surface area (TPSA) is 110 Å². The Hall–Kier alpha value is -1.80. The van der Waals surface area contributed by atoms with Gasteiger partial charge in [0.2, 0.25) is 10.0 Å². The van der Waals surface area contributed by atoms with Gasteiger partial charge in [-0.1, -0.05) is 0 Å². The molecule has 0 aliphatic rings. The van der Waals surface area contributed by atoms with Gasteiger partial charge in [-0.15, -0.1) is 0 Å². The third-order valence-electron chi connectivity index (χ3n) is 2.76. The van der Waals surface area contributed by atoms with Gasteiger partial charge >= 0.3 is 5.97 Å². The van der Waals surface area contributed by atoms with E-state index in [0.29, 0.717) is 13.0 Å². The lowest BCUT2D eigenvalue weighted by Crippen LogP contribution is -2.30. The molecule has 0 aliphatic heterocycles. The van der Waals surface area contributed by atoms with Crippen molar-refractivity contribution in [1.82, 2.24) is 0 Å². The highest BCUT2D eigenvalue weighted by molar-refractivity contribution is 7.92. The lowest BCUT2D eigenvalue weighted by molar-refractivity contribution is 0.0698. The molecule has 0 aromatic heterocycles. The molecule has 0 amide bonds. The van der Waals surface area contributed by atoms with E-state index in [-0.39, 0.29) is 22.7 Å². The second-order valence-electron chi connectivity index (χ2n) is 4.21. The number of rotatable bonds is 7. The monoisotopic (exact) mass is 302 g/mol. The second-order valence-corrected chi connectivity index (χ2v) is 6.33. The van der Waals surface area contributed by atoms with Crippen molar-refractivity contribution in [2.45, 2.75) is 6.42 Å². The second kappa shape index (κ2) is 6.58. The fourth-order valence-corrected chi connectivity index (χ4v) is 2.89. The quantitative estimate of drug-likeness (QED) is 0.568. The van der Waals surface area contributed by atoms with Crippen molar-refractivity contribution >= 4 is 27.4 Å². The standard InChI is InChI=1S/C12H18N2O5S/c1-14(20(17,18)7-3-6-19-2)11-5-4-9(13)8-10(11)12(15)16/h4-5,8H,3,6-7,13H2,1-2H3,(H,15,16). The number of sulfonamides is 1. The van der Waals surface area contributed by atoms with Gasteiger partial charge in [-0.05, 0) is 24.6 Å². The number of hydrogen-bond donors (Lipinski definition) is 2. The minimum absolute atomic E-state index is 0.0871. The zero-order valence-electron chi connectivity index (χ0n) is 11.4. The molecule has 0 spiro atoms. The number of nitrogen functional groups attached to an aromatic ring is 1. The highest BCUT2D eigenvalue weighted by Gasteiger charge is 2.23. The first kappa shape index (κ1) is 16.3. The molecule has 0 saturated heterocycles. The van der Waals surface area contributed by atoms with E-state index in [2.05, 4.69) is 0 Å². The minimum atomic E-state index is -3.61. The van der Waals surface area contributed by atoms with Crippen molar-refractivity contribution in [2.75, 3.05) is 36.6 Å². The maximum absolute atomic E-state index is 12.1. The van der Waals surface area contributed by atoms with Gasteiger partial charge in [0.05, 0.1) is 17.0 Å². The normalized spacial score (nSPS) is 11.3. The Kier molecular flexibility index (Phi) is 5.34. The Labute approximate surface area is 118 Å². The van der Waals surface area contributed by atoms with Crippen LogP contribution in [0.25, 0.3) is 0 Å². The van der Waals surface area contributed by atoms with Gasteiger partial charge in [-0.25, -0.2) is 13.2 Å². The average Bonchev–Trinajstić information content (AvgIpc) is 2.38. The Morgan fingerprint density at radius 1 is 1.45 bits per heavy atom. The molecule has 7 nitrogen and oxygen atoms in total. The predicted octanol–water partition coefficient (Wildman–Crippen LogP) is 0.770. The number of methoxy groups -OCH3 is 1. The van der Waals surface area contributed by atoms with Gasteiger partial charge in [0.15, 0.2) is 0 Å². The molecule has 0 radical (unpaired) electrons. The first-order chi connectivity index (χ1) is 9.29. The van der Waals surface area contributed by atoms with E-state index >= 15 is 0 Å². The maximum atomic E-state index is 12.1. The largest absolute Gasteiger partial charge is 0.478 e. The van der Waals surface area contributed by atoms with Crippen LogP contribution in [0.3, 0.4) is 0 Å². The number of nitrogens with zero attached hydrogens (tertiary/aromatic N) is 1. The summed E-state index contributed by atoms with van der Waals surface area (Å²) in [6, 6.07) is 4.08. The first-order valence-electron chi connectivity index (χ1n) is 5.88. The molecular formula is C12H18N2O5S. The zero-order valence-corrected chi connectivity index (χ0v) is 12.2. The zero-order chi connectivity index (χ0) is 15.3. The van der Waals surface area contributed by atoms with E-state index in [1.54, 1.807) is 0 Å². The molecule has 1 rings (SSSR count). The minimum Gasteiger partial charge on any atom is -0.478 e. The van der Waals surface area contributed by atoms with Gasteiger partial charge in [0.25, 0.3) is 0 Å². The molecule has 112 valence electrons. The van der Waals surface area contributed by atoms with Crippen molar-refractivity contribution in [1.29, 1.82) is 0 Å². The van der Waals surface area contributed by atoms with E-state index < -0.39 is 16.0 Å². The summed E-state index contributed by atoms with van der Waals surface area (Å²) in [5.41, 5.74) is 5.72. The van der Waals surface area contributed by atoms with E-state index in [9.17, 15) is 13.2 Å². The van der Waals surface area contributed by atoms with E-state index in [4.69, 9.17) is 15.6 Å². The summed E-state index contributed by atoms with van der Waals surface area (Å²) in [5.74, 6) is -1.35. The highest BCUT2D eigenvalue weighted by Crippen LogP contribution is 2.24. The summed E-state index contributed by atoms with van der Waals surface area (Å²) in [4.78, 5) is 11.2. The van der Waals surface area contributed by atoms with Gasteiger partial charge < -0.3 is 15.6 Å². The number of carboxylic acids is 1. The van der Waals surface area contributed by atoms with Gasteiger partial charge in [-0.2, -0.15) is 0 Å². The van der Waals surface area contributed by atoms with Gasteiger partial charge in [-0.3, -0.25) is 4.31 Å². The smallest absolute Gasteiger partial charge is 0.337 e. The third-order valence-corrected chi connectivity index (χ3v) is 4.59. The Bertz CT molecular complexity index is 586. The average molecular weight is 302 g/mol. The predicted molar refractivity (Wildman–Crippen MR) is 76.5 cm³/mol. The molecule has 0 heterocycles. The van der Waals surface area contributed by atoms with E-state index in [0.717, 1.165) is 4.31 Å². The number of anilines is 2. The molecule has 20 heavy (non-hydrogen) atoms. The molecule has 1 aromatic carbocycles. The van der Waals surface area contributed by atoms with Crippen LogP contribution in [0.5, 0.6) is 0 Å². The maximum Gasteiger partial charge on any atom is 0.337 e. The molecule has 3 N–H and O–H groups in total. The van der Waals surface area contributed by atoms with Crippen LogP contribution in [-0.2, 0) is 14.8 Å². The molecule has 0 atom stereocenters. The summed E-state index contributed by atoms with van der Waals surface area (Å²) < 4.78 is 30.0. The lowest BCUT2D eigenvalue weighted by atomic mass is 10.1. The van der Waals surface area contributed by atoms with Crippen molar-refractivity contribution in [3.05, 3.63) is 23.8 Å². The Morgan fingerprint density at radius 3 is 2.65 bits per heavy atom. The van der Waals surface area contributed by atoms with Crippen molar-refractivity contribution in [3.8, 4) is 0 Å². The lowest BCUT2D eigenvalue weighted by Gasteiger charge is -2.21. The molecule has 0 aliphatic carbocycles. The van der Waals surface area contributed by atoms with Crippen LogP contribution in [-0.4, -0.2) is 46.0 Å². The summed E-state index contributed by atoms with van der Waals surface area (Å²) in [7, 11) is -0.801. The number of carbonyl (C=O) groups is 1. The third kappa shape index (κ3) is 3.84. The fourth-order valence-electron chi connectivity index (χ4n) is 1.67. The summed E-state index contributed by atoms with van der Waals surface area (Å²) in [5, 5.41) is 9.12.